The van der Waals surface area contributed by atoms with Crippen molar-refractivity contribution >= 4 is 46.4 Å². The molecule has 0 saturated heterocycles. The van der Waals surface area contributed by atoms with Crippen molar-refractivity contribution in [2.75, 3.05) is 17.7 Å². The van der Waals surface area contributed by atoms with Crippen LogP contribution in [0.5, 0.6) is 0 Å². The van der Waals surface area contributed by atoms with Crippen LogP contribution in [0.1, 0.15) is 61.0 Å². The minimum absolute atomic E-state index is 0.193. The monoisotopic (exact) mass is 480 g/mol. The van der Waals surface area contributed by atoms with E-state index in [1.54, 1.807) is 66.8 Å². The average Bonchev–Trinajstić information content (AvgIpc) is 2.62. The molecule has 0 radical (unpaired) electrons. The summed E-state index contributed by atoms with van der Waals surface area (Å²) in [5.74, 6) is 0.549. The van der Waals surface area contributed by atoms with Crippen molar-refractivity contribution in [2.45, 2.75) is 73.1 Å². The normalized spacial score (nSPS) is 12.2. The van der Waals surface area contributed by atoms with Crippen molar-refractivity contribution in [1.82, 2.24) is 4.90 Å². The third-order valence-electron chi connectivity index (χ3n) is 3.98. The number of nitrogens with two attached hydrogens (primary N) is 1. The maximum absolute atomic E-state index is 12.9. The Hall–Kier alpha value is -2.75. The number of thioether (sulfide) groups is 1. The Bertz CT molecular complexity index is 875. The SMILES string of the molecule is CCSC(N)=Nc1ccc(N(C)C(C)=O)c(CN(C(=O)OC(C)(C)C)C(=O)OC(C)(C)C)c1. The molecule has 0 fully saturated rings. The molecule has 0 heterocycles. The van der Waals surface area contributed by atoms with E-state index in [9.17, 15) is 14.4 Å². The second-order valence-electron chi connectivity index (χ2n) is 9.32. The van der Waals surface area contributed by atoms with Crippen LogP contribution in [0.2, 0.25) is 0 Å². The summed E-state index contributed by atoms with van der Waals surface area (Å²) in [5.41, 5.74) is 5.83. The molecular formula is C23H36N4O5S. The molecule has 0 atom stereocenters. The number of benzene rings is 1. The van der Waals surface area contributed by atoms with Gasteiger partial charge in [-0.2, -0.15) is 0 Å². The topological polar surface area (TPSA) is 115 Å². The van der Waals surface area contributed by atoms with Crippen LogP contribution in [0.15, 0.2) is 23.2 Å². The first kappa shape index (κ1) is 28.3. The van der Waals surface area contributed by atoms with Crippen LogP contribution in [0, 0.1) is 0 Å². The molecule has 2 N–H and O–H groups in total. The van der Waals surface area contributed by atoms with Gasteiger partial charge in [0.05, 0.1) is 12.2 Å². The highest BCUT2D eigenvalue weighted by molar-refractivity contribution is 8.13. The fourth-order valence-corrected chi connectivity index (χ4v) is 3.05. The maximum Gasteiger partial charge on any atom is 0.420 e. The van der Waals surface area contributed by atoms with Crippen LogP contribution in [-0.4, -0.2) is 52.2 Å². The molecule has 0 unspecified atom stereocenters. The van der Waals surface area contributed by atoms with E-state index in [1.807, 2.05) is 6.92 Å². The third kappa shape index (κ3) is 9.73. The number of ether oxygens (including phenoxy) is 2. The molecule has 1 aromatic rings. The Morgan fingerprint density at radius 3 is 1.97 bits per heavy atom. The molecule has 0 spiro atoms. The van der Waals surface area contributed by atoms with Gasteiger partial charge in [0.2, 0.25) is 5.91 Å². The van der Waals surface area contributed by atoms with Gasteiger partial charge < -0.3 is 20.1 Å². The van der Waals surface area contributed by atoms with E-state index in [0.29, 0.717) is 22.1 Å². The number of anilines is 1. The van der Waals surface area contributed by atoms with Crippen molar-refractivity contribution in [3.05, 3.63) is 23.8 Å². The number of nitrogens with zero attached hydrogens (tertiary/aromatic N) is 3. The number of hydrogen-bond donors (Lipinski definition) is 1. The quantitative estimate of drug-likeness (QED) is 0.464. The highest BCUT2D eigenvalue weighted by atomic mass is 32.2. The maximum atomic E-state index is 12.9. The molecule has 0 saturated carbocycles. The average molecular weight is 481 g/mol. The number of carbonyl (C=O) groups excluding carboxylic acids is 3. The largest absolute Gasteiger partial charge is 0.443 e. The van der Waals surface area contributed by atoms with Crippen molar-refractivity contribution in [3.63, 3.8) is 0 Å². The molecule has 0 aliphatic rings. The third-order valence-corrected chi connectivity index (χ3v) is 4.66. The summed E-state index contributed by atoms with van der Waals surface area (Å²) in [6.07, 6.45) is -1.72. The van der Waals surface area contributed by atoms with Crippen LogP contribution in [0.25, 0.3) is 0 Å². The number of amides is 3. The lowest BCUT2D eigenvalue weighted by Crippen LogP contribution is -2.43. The van der Waals surface area contributed by atoms with Crippen LogP contribution in [0.4, 0.5) is 21.0 Å². The first-order valence-corrected chi connectivity index (χ1v) is 11.6. The first-order chi connectivity index (χ1) is 15.0. The van der Waals surface area contributed by atoms with Crippen molar-refractivity contribution in [2.24, 2.45) is 10.7 Å². The van der Waals surface area contributed by atoms with Gasteiger partial charge in [0, 0.05) is 19.7 Å². The molecule has 3 amide bonds. The molecule has 0 bridgehead atoms. The van der Waals surface area contributed by atoms with Gasteiger partial charge in [0.1, 0.15) is 11.2 Å². The van der Waals surface area contributed by atoms with E-state index >= 15 is 0 Å². The van der Waals surface area contributed by atoms with E-state index in [-0.39, 0.29) is 12.5 Å². The smallest absolute Gasteiger partial charge is 0.420 e. The van der Waals surface area contributed by atoms with Crippen molar-refractivity contribution in [1.29, 1.82) is 0 Å². The zero-order valence-corrected chi connectivity index (χ0v) is 21.8. The lowest BCUT2D eigenvalue weighted by atomic mass is 10.1. The van der Waals surface area contributed by atoms with Crippen molar-refractivity contribution in [3.8, 4) is 0 Å². The van der Waals surface area contributed by atoms with Gasteiger partial charge in [-0.1, -0.05) is 18.7 Å². The highest BCUT2D eigenvalue weighted by Crippen LogP contribution is 2.28. The molecule has 0 aromatic heterocycles. The van der Waals surface area contributed by atoms with E-state index in [1.165, 1.54) is 23.6 Å². The summed E-state index contributed by atoms with van der Waals surface area (Å²) in [7, 11) is 1.61. The summed E-state index contributed by atoms with van der Waals surface area (Å²) in [6, 6.07) is 5.09. The van der Waals surface area contributed by atoms with Crippen LogP contribution >= 0.6 is 11.8 Å². The van der Waals surface area contributed by atoms with Gasteiger partial charge in [-0.05, 0) is 71.1 Å². The molecule has 184 valence electrons. The number of carbonyl (C=O) groups is 3. The summed E-state index contributed by atoms with van der Waals surface area (Å²) in [6.45, 7) is 13.4. The minimum Gasteiger partial charge on any atom is -0.443 e. The standard InChI is InChI=1S/C23H36N4O5S/c1-10-33-19(24)25-17-11-12-18(26(9)15(2)28)16(13-17)14-27(20(29)31-22(3,4)5)21(30)32-23(6,7)8/h11-13H,10,14H2,1-9H3,(H2,24,25). The van der Waals surface area contributed by atoms with Gasteiger partial charge >= 0.3 is 12.2 Å². The molecule has 1 rings (SSSR count). The molecule has 10 heteroatoms. The van der Waals surface area contributed by atoms with Gasteiger partial charge in [-0.25, -0.2) is 19.5 Å². The zero-order chi connectivity index (χ0) is 25.6. The van der Waals surface area contributed by atoms with Gasteiger partial charge in [-0.15, -0.1) is 0 Å². The summed E-state index contributed by atoms with van der Waals surface area (Å²) in [4.78, 5) is 44.6. The van der Waals surface area contributed by atoms with E-state index in [2.05, 4.69) is 4.99 Å². The lowest BCUT2D eigenvalue weighted by molar-refractivity contribution is -0.116. The van der Waals surface area contributed by atoms with Crippen molar-refractivity contribution < 1.29 is 23.9 Å². The summed E-state index contributed by atoms with van der Waals surface area (Å²) >= 11 is 1.39. The number of rotatable bonds is 5. The molecular weight excluding hydrogens is 444 g/mol. The van der Waals surface area contributed by atoms with Gasteiger partial charge in [-0.3, -0.25) is 4.79 Å². The Balaban J connectivity index is 3.52. The molecule has 33 heavy (non-hydrogen) atoms. The zero-order valence-electron chi connectivity index (χ0n) is 21.0. The Kier molecular flexibility index (Phi) is 9.77. The van der Waals surface area contributed by atoms with Crippen LogP contribution in [-0.2, 0) is 20.8 Å². The van der Waals surface area contributed by atoms with E-state index in [0.717, 1.165) is 10.7 Å². The number of aliphatic imine (C=N–C) groups is 1. The second-order valence-corrected chi connectivity index (χ2v) is 10.6. The second kappa shape index (κ2) is 11.4. The first-order valence-electron chi connectivity index (χ1n) is 10.6. The van der Waals surface area contributed by atoms with Crippen LogP contribution in [0.3, 0.4) is 0 Å². The molecule has 0 aliphatic heterocycles. The number of amidine groups is 1. The number of hydrogen-bond acceptors (Lipinski definition) is 7. The lowest BCUT2D eigenvalue weighted by Gasteiger charge is -2.29. The van der Waals surface area contributed by atoms with Gasteiger partial charge in [0.25, 0.3) is 0 Å². The minimum atomic E-state index is -0.858. The predicted molar refractivity (Wildman–Crippen MR) is 133 cm³/mol. The Labute approximate surface area is 200 Å². The molecule has 1 aromatic carbocycles. The fraction of sp³-hybridized carbons (Fsp3) is 0.565. The summed E-state index contributed by atoms with van der Waals surface area (Å²) in [5, 5.41) is 0.382. The predicted octanol–water partition coefficient (Wildman–Crippen LogP) is 5.04. The highest BCUT2D eigenvalue weighted by Gasteiger charge is 2.32. The Morgan fingerprint density at radius 2 is 1.55 bits per heavy atom. The molecule has 0 aliphatic carbocycles. The van der Waals surface area contributed by atoms with Crippen LogP contribution < -0.4 is 10.6 Å². The van der Waals surface area contributed by atoms with E-state index in [4.69, 9.17) is 15.2 Å². The van der Waals surface area contributed by atoms with Gasteiger partial charge in [0.15, 0.2) is 5.17 Å². The fourth-order valence-electron chi connectivity index (χ4n) is 2.58. The number of imide groups is 1. The Morgan fingerprint density at radius 1 is 1.03 bits per heavy atom. The summed E-state index contributed by atoms with van der Waals surface area (Å²) < 4.78 is 10.9. The van der Waals surface area contributed by atoms with E-state index < -0.39 is 23.4 Å². The molecule has 9 nitrogen and oxygen atoms in total.